The number of carboxylic acid groups (broad SMARTS) is 1. The smallest absolute Gasteiger partial charge is 0.417 e. The molecular weight excluding hydrogens is 467 g/mol. The molecule has 2 aromatic carbocycles. The molecule has 0 radical (unpaired) electrons. The summed E-state index contributed by atoms with van der Waals surface area (Å²) >= 11 is 1.34. The number of alkyl halides is 3. The summed E-state index contributed by atoms with van der Waals surface area (Å²) in [6.07, 6.45) is -3.99. The number of carboxylic acids is 1. The molecule has 3 aromatic rings. The third-order valence-electron chi connectivity index (χ3n) is 5.19. The number of fused-ring (bicyclic) bond motifs is 1. The lowest BCUT2D eigenvalue weighted by Crippen LogP contribution is -2.44. The quantitative estimate of drug-likeness (QED) is 0.568. The van der Waals surface area contributed by atoms with Crippen molar-refractivity contribution in [2.45, 2.75) is 30.0 Å². The first-order chi connectivity index (χ1) is 15.0. The maximum absolute atomic E-state index is 13.2. The first-order valence-electron chi connectivity index (χ1n) is 9.62. The molecule has 1 aliphatic heterocycles. The number of carbonyl (C=O) groups is 1. The van der Waals surface area contributed by atoms with Crippen LogP contribution in [0.4, 0.5) is 18.3 Å². The highest BCUT2D eigenvalue weighted by Crippen LogP contribution is 2.35. The van der Waals surface area contributed by atoms with Gasteiger partial charge in [-0.05, 0) is 43.2 Å². The average Bonchev–Trinajstić information content (AvgIpc) is 3.17. The van der Waals surface area contributed by atoms with Crippen LogP contribution in [-0.4, -0.2) is 43.6 Å². The summed E-state index contributed by atoms with van der Waals surface area (Å²) in [4.78, 5) is 16.8. The highest BCUT2D eigenvalue weighted by atomic mass is 32.2. The number of hydrogen-bond donors (Lipinski definition) is 2. The predicted octanol–water partition coefficient (Wildman–Crippen LogP) is 3.96. The van der Waals surface area contributed by atoms with Gasteiger partial charge in [0.25, 0.3) is 0 Å². The van der Waals surface area contributed by atoms with Gasteiger partial charge in [0.1, 0.15) is 0 Å². The standard InChI is InChI=1S/C20H18F3N3O4S2/c21-20(22,23)14-3-1-2-4-17(14)32(29,30)25-13-7-9-26(10-8-13)19-24-15-6-5-12(18(27)28)11-16(15)31-19/h1-6,11,13,25H,7-10H2,(H,27,28). The number of nitrogens with zero attached hydrogens (tertiary/aromatic N) is 2. The fraction of sp³-hybridized carbons (Fsp3) is 0.300. The molecule has 0 amide bonds. The van der Waals surface area contributed by atoms with Crippen LogP contribution in [0.2, 0.25) is 0 Å². The highest BCUT2D eigenvalue weighted by molar-refractivity contribution is 7.89. The van der Waals surface area contributed by atoms with Crippen molar-refractivity contribution in [3.05, 3.63) is 53.6 Å². The molecule has 1 fully saturated rings. The largest absolute Gasteiger partial charge is 0.478 e. The van der Waals surface area contributed by atoms with Gasteiger partial charge in [-0.2, -0.15) is 13.2 Å². The van der Waals surface area contributed by atoms with E-state index in [0.29, 0.717) is 36.6 Å². The van der Waals surface area contributed by atoms with Crippen LogP contribution in [0.15, 0.2) is 47.4 Å². The van der Waals surface area contributed by atoms with Crippen LogP contribution in [0.1, 0.15) is 28.8 Å². The number of rotatable bonds is 5. The second-order valence-corrected chi connectivity index (χ2v) is 10.1. The third kappa shape index (κ3) is 4.57. The van der Waals surface area contributed by atoms with Crippen LogP contribution in [0, 0.1) is 0 Å². The van der Waals surface area contributed by atoms with E-state index in [4.69, 9.17) is 5.11 Å². The molecule has 1 aromatic heterocycles. The molecule has 4 rings (SSSR count). The van der Waals surface area contributed by atoms with E-state index < -0.39 is 38.7 Å². The Bertz CT molecular complexity index is 1270. The summed E-state index contributed by atoms with van der Waals surface area (Å²) in [7, 11) is -4.35. The van der Waals surface area contributed by atoms with Gasteiger partial charge < -0.3 is 10.0 Å². The van der Waals surface area contributed by atoms with E-state index in [1.165, 1.54) is 23.5 Å². The van der Waals surface area contributed by atoms with E-state index in [0.717, 1.165) is 22.9 Å². The number of anilines is 1. The molecule has 0 bridgehead atoms. The number of hydrogen-bond acceptors (Lipinski definition) is 6. The molecule has 0 atom stereocenters. The van der Waals surface area contributed by atoms with Crippen molar-refractivity contribution >= 4 is 42.7 Å². The molecule has 0 spiro atoms. The average molecular weight is 486 g/mol. The monoisotopic (exact) mass is 485 g/mol. The van der Waals surface area contributed by atoms with Crippen molar-refractivity contribution in [1.82, 2.24) is 9.71 Å². The van der Waals surface area contributed by atoms with Gasteiger partial charge in [0.2, 0.25) is 10.0 Å². The first kappa shape index (κ1) is 22.5. The lowest BCUT2D eigenvalue weighted by molar-refractivity contribution is -0.139. The molecule has 170 valence electrons. The molecule has 0 unspecified atom stereocenters. The summed E-state index contributed by atoms with van der Waals surface area (Å²) in [5, 5.41) is 9.81. The van der Waals surface area contributed by atoms with Crippen LogP contribution >= 0.6 is 11.3 Å². The minimum Gasteiger partial charge on any atom is -0.478 e. The summed E-state index contributed by atoms with van der Waals surface area (Å²) in [6, 6.07) is 8.27. The number of sulfonamides is 1. The predicted molar refractivity (Wildman–Crippen MR) is 114 cm³/mol. The number of aromatic carboxylic acids is 1. The van der Waals surface area contributed by atoms with E-state index in [2.05, 4.69) is 9.71 Å². The summed E-state index contributed by atoms with van der Waals surface area (Å²) in [6.45, 7) is 0.916. The molecule has 1 saturated heterocycles. The highest BCUT2D eigenvalue weighted by Gasteiger charge is 2.37. The molecular formula is C20H18F3N3O4S2. The second kappa shape index (κ2) is 8.34. The van der Waals surface area contributed by atoms with Crippen molar-refractivity contribution in [2.24, 2.45) is 0 Å². The zero-order chi connectivity index (χ0) is 23.1. The van der Waals surface area contributed by atoms with Gasteiger partial charge in [-0.1, -0.05) is 23.5 Å². The molecule has 0 aliphatic carbocycles. The molecule has 1 aliphatic rings. The zero-order valence-corrected chi connectivity index (χ0v) is 18.1. The number of halogens is 3. The van der Waals surface area contributed by atoms with Gasteiger partial charge >= 0.3 is 12.1 Å². The Balaban J connectivity index is 1.45. The fourth-order valence-corrected chi connectivity index (χ4v) is 6.18. The van der Waals surface area contributed by atoms with Gasteiger partial charge in [-0.15, -0.1) is 0 Å². The SMILES string of the molecule is O=C(O)c1ccc2nc(N3CCC(NS(=O)(=O)c4ccccc4C(F)(F)F)CC3)sc2c1. The van der Waals surface area contributed by atoms with Crippen LogP contribution in [0.3, 0.4) is 0 Å². The van der Waals surface area contributed by atoms with Crippen molar-refractivity contribution in [3.63, 3.8) is 0 Å². The Hall–Kier alpha value is -2.70. The molecule has 7 nitrogen and oxygen atoms in total. The lowest BCUT2D eigenvalue weighted by Gasteiger charge is -2.32. The van der Waals surface area contributed by atoms with Crippen LogP contribution in [0.25, 0.3) is 10.2 Å². The van der Waals surface area contributed by atoms with E-state index in [1.54, 1.807) is 12.1 Å². The van der Waals surface area contributed by atoms with E-state index in [1.807, 2.05) is 4.90 Å². The zero-order valence-electron chi connectivity index (χ0n) is 16.5. The maximum Gasteiger partial charge on any atom is 0.417 e. The van der Waals surface area contributed by atoms with Gasteiger partial charge in [-0.3, -0.25) is 0 Å². The molecule has 2 N–H and O–H groups in total. The maximum atomic E-state index is 13.2. The summed E-state index contributed by atoms with van der Waals surface area (Å²) in [5.41, 5.74) is -0.360. The Kier molecular flexibility index (Phi) is 5.86. The van der Waals surface area contributed by atoms with E-state index in [-0.39, 0.29) is 5.56 Å². The normalized spacial score (nSPS) is 15.9. The number of piperidine rings is 1. The van der Waals surface area contributed by atoms with Crippen LogP contribution < -0.4 is 9.62 Å². The molecule has 0 saturated carbocycles. The van der Waals surface area contributed by atoms with Crippen molar-refractivity contribution in [3.8, 4) is 0 Å². The third-order valence-corrected chi connectivity index (χ3v) is 7.85. The van der Waals surface area contributed by atoms with Crippen molar-refractivity contribution in [2.75, 3.05) is 18.0 Å². The van der Waals surface area contributed by atoms with Gasteiger partial charge in [0, 0.05) is 19.1 Å². The Labute approximate surface area is 185 Å². The Morgan fingerprint density at radius 3 is 2.50 bits per heavy atom. The summed E-state index contributed by atoms with van der Waals surface area (Å²) in [5.74, 6) is -1.03. The fourth-order valence-electron chi connectivity index (χ4n) is 3.59. The number of benzene rings is 2. The van der Waals surface area contributed by atoms with Crippen LogP contribution in [0.5, 0.6) is 0 Å². The number of nitrogens with one attached hydrogen (secondary N) is 1. The number of thiazole rings is 1. The van der Waals surface area contributed by atoms with Gasteiger partial charge in [-0.25, -0.2) is 22.9 Å². The van der Waals surface area contributed by atoms with Crippen LogP contribution in [-0.2, 0) is 16.2 Å². The Morgan fingerprint density at radius 2 is 1.84 bits per heavy atom. The second-order valence-electron chi connectivity index (χ2n) is 7.36. The van der Waals surface area contributed by atoms with Crippen molar-refractivity contribution < 1.29 is 31.5 Å². The van der Waals surface area contributed by atoms with E-state index in [9.17, 15) is 26.4 Å². The minimum absolute atomic E-state index is 0.167. The van der Waals surface area contributed by atoms with Gasteiger partial charge in [0.05, 0.1) is 26.2 Å². The first-order valence-corrected chi connectivity index (χ1v) is 11.9. The summed E-state index contributed by atoms with van der Waals surface area (Å²) < 4.78 is 68.1. The molecule has 12 heteroatoms. The topological polar surface area (TPSA) is 99.6 Å². The molecule has 32 heavy (non-hydrogen) atoms. The lowest BCUT2D eigenvalue weighted by atomic mass is 10.1. The minimum atomic E-state index is -4.78. The van der Waals surface area contributed by atoms with Gasteiger partial charge in [0.15, 0.2) is 5.13 Å². The Morgan fingerprint density at radius 1 is 1.16 bits per heavy atom. The molecule has 2 heterocycles. The number of aromatic nitrogens is 1. The van der Waals surface area contributed by atoms with Crippen molar-refractivity contribution in [1.29, 1.82) is 0 Å². The van der Waals surface area contributed by atoms with E-state index >= 15 is 0 Å².